The zero-order valence-corrected chi connectivity index (χ0v) is 12.7. The maximum Gasteiger partial charge on any atom is 0.314 e. The number of methoxy groups -OCH3 is 1. The summed E-state index contributed by atoms with van der Waals surface area (Å²) in [4.78, 5) is 0. The molecule has 10 nitrogen and oxygen atoms in total. The molecule has 0 bridgehead atoms. The van der Waals surface area contributed by atoms with Crippen molar-refractivity contribution in [2.24, 2.45) is 0 Å². The van der Waals surface area contributed by atoms with Crippen molar-refractivity contribution in [3.63, 3.8) is 0 Å². The van der Waals surface area contributed by atoms with E-state index in [2.05, 4.69) is 0 Å². The van der Waals surface area contributed by atoms with Crippen molar-refractivity contribution in [2.75, 3.05) is 13.7 Å². The van der Waals surface area contributed by atoms with Crippen molar-refractivity contribution in [1.29, 1.82) is 0 Å². The number of hydrogen-bond donors (Lipinski definition) is 5. The predicted octanol–water partition coefficient (Wildman–Crippen LogP) is -3.35. The number of fused-ring (bicyclic) bond motifs is 1. The molecule has 3 saturated heterocycles. The summed E-state index contributed by atoms with van der Waals surface area (Å²) in [5.74, 6) is -2.07. The van der Waals surface area contributed by atoms with Gasteiger partial charge in [0.2, 0.25) is 0 Å². The van der Waals surface area contributed by atoms with Gasteiger partial charge in [0.1, 0.15) is 36.6 Å². The lowest BCUT2D eigenvalue weighted by Crippen LogP contribution is -2.73. The van der Waals surface area contributed by atoms with Gasteiger partial charge in [-0.25, -0.2) is 0 Å². The molecule has 5 N–H and O–H groups in total. The van der Waals surface area contributed by atoms with Crippen LogP contribution in [-0.4, -0.2) is 100 Å². The highest BCUT2D eigenvalue weighted by Crippen LogP contribution is 2.40. The van der Waals surface area contributed by atoms with E-state index in [1.165, 1.54) is 14.0 Å². The van der Waals surface area contributed by atoms with Crippen LogP contribution in [0.4, 0.5) is 0 Å². The van der Waals surface area contributed by atoms with E-state index in [1.807, 2.05) is 0 Å². The van der Waals surface area contributed by atoms with Crippen molar-refractivity contribution >= 4 is 0 Å². The van der Waals surface area contributed by atoms with Crippen LogP contribution in [0.25, 0.3) is 0 Å². The summed E-state index contributed by atoms with van der Waals surface area (Å²) in [6.45, 7) is 1.34. The molecule has 0 amide bonds. The van der Waals surface area contributed by atoms with Crippen LogP contribution in [-0.2, 0) is 23.7 Å². The monoisotopic (exact) mass is 338 g/mol. The first-order valence-corrected chi connectivity index (χ1v) is 7.39. The van der Waals surface area contributed by atoms with E-state index in [-0.39, 0.29) is 6.61 Å². The number of aliphatic hydroxyl groups excluding tert-OH is 5. The minimum absolute atomic E-state index is 0.138. The second kappa shape index (κ2) is 6.15. The van der Waals surface area contributed by atoms with Gasteiger partial charge in [0.25, 0.3) is 0 Å². The first kappa shape index (κ1) is 17.4. The summed E-state index contributed by atoms with van der Waals surface area (Å²) in [5.41, 5.74) is 0. The molecule has 3 aliphatic rings. The van der Waals surface area contributed by atoms with Gasteiger partial charge in [-0.15, -0.1) is 0 Å². The highest BCUT2D eigenvalue weighted by Gasteiger charge is 2.61. The molecule has 3 aliphatic heterocycles. The third-order valence-corrected chi connectivity index (χ3v) is 4.49. The van der Waals surface area contributed by atoms with Crippen molar-refractivity contribution < 1.29 is 49.2 Å². The Morgan fingerprint density at radius 2 is 1.65 bits per heavy atom. The fourth-order valence-corrected chi connectivity index (χ4v) is 3.09. The van der Waals surface area contributed by atoms with Crippen LogP contribution in [0.15, 0.2) is 0 Å². The molecule has 0 aromatic heterocycles. The maximum atomic E-state index is 10.2. The lowest BCUT2D eigenvalue weighted by molar-refractivity contribution is -0.507. The number of rotatable bonds is 1. The van der Waals surface area contributed by atoms with Crippen LogP contribution < -0.4 is 0 Å². The summed E-state index contributed by atoms with van der Waals surface area (Å²) in [6, 6.07) is 0. The molecular weight excluding hydrogens is 316 g/mol. The van der Waals surface area contributed by atoms with Crippen LogP contribution >= 0.6 is 0 Å². The quantitative estimate of drug-likeness (QED) is 0.328. The van der Waals surface area contributed by atoms with E-state index in [0.29, 0.717) is 0 Å². The second-order valence-electron chi connectivity index (χ2n) is 6.01. The summed E-state index contributed by atoms with van der Waals surface area (Å²) in [6.07, 6.45) is -11.1. The molecule has 3 heterocycles. The molecule has 134 valence electrons. The summed E-state index contributed by atoms with van der Waals surface area (Å²) in [5, 5.41) is 50.0. The van der Waals surface area contributed by atoms with Crippen LogP contribution in [0, 0.1) is 0 Å². The third kappa shape index (κ3) is 2.68. The first-order chi connectivity index (χ1) is 10.8. The summed E-state index contributed by atoms with van der Waals surface area (Å²) < 4.78 is 26.7. The fraction of sp³-hybridized carbons (Fsp3) is 1.00. The van der Waals surface area contributed by atoms with Crippen LogP contribution in [0.1, 0.15) is 6.92 Å². The highest BCUT2D eigenvalue weighted by atomic mass is 16.9. The number of ether oxygens (including phenoxy) is 5. The maximum absolute atomic E-state index is 10.2. The Bertz CT molecular complexity index is 433. The Balaban J connectivity index is 1.81. The molecule has 23 heavy (non-hydrogen) atoms. The van der Waals surface area contributed by atoms with Crippen LogP contribution in [0.2, 0.25) is 0 Å². The average Bonchev–Trinajstić information content (AvgIpc) is 2.55. The SMILES string of the molecule is CO[C@H]1O[C@@H]2CO[C@@]3(O[C@H]2[C@H](O)[C@H]1O)O[C@@H](C)[C@H](O)[C@@H](O)[C@H]3O. The van der Waals surface area contributed by atoms with Gasteiger partial charge in [-0.1, -0.05) is 0 Å². The Morgan fingerprint density at radius 3 is 2.30 bits per heavy atom. The molecule has 3 rings (SSSR count). The van der Waals surface area contributed by atoms with E-state index in [0.717, 1.165) is 0 Å². The molecule has 10 heteroatoms. The molecule has 0 radical (unpaired) electrons. The van der Waals surface area contributed by atoms with Gasteiger partial charge in [0.05, 0.1) is 12.7 Å². The van der Waals surface area contributed by atoms with Gasteiger partial charge in [-0.3, -0.25) is 0 Å². The first-order valence-electron chi connectivity index (χ1n) is 7.39. The van der Waals surface area contributed by atoms with Gasteiger partial charge in [-0.2, -0.15) is 0 Å². The molecule has 0 aliphatic carbocycles. The van der Waals surface area contributed by atoms with Crippen LogP contribution in [0.3, 0.4) is 0 Å². The molecule has 0 unspecified atom stereocenters. The smallest absolute Gasteiger partial charge is 0.314 e. The topological polar surface area (TPSA) is 147 Å². The molecule has 0 aromatic carbocycles. The molecular formula is C13H22O10. The third-order valence-electron chi connectivity index (χ3n) is 4.49. The highest BCUT2D eigenvalue weighted by molar-refractivity contribution is 4.98. The standard InChI is InChI=1S/C13H22O10/c1-4-6(14)8(16)11(18)13(22-4)20-3-5-10(23-13)7(15)9(17)12(19-2)21-5/h4-12,14-18H,3H2,1-2H3/t4-,5+,6-,7+,8+,9+,10+,11+,12-,13+/m0/s1. The average molecular weight is 338 g/mol. The van der Waals surface area contributed by atoms with Gasteiger partial charge < -0.3 is 49.2 Å². The minimum Gasteiger partial charge on any atom is -0.388 e. The minimum atomic E-state index is -2.07. The largest absolute Gasteiger partial charge is 0.388 e. The summed E-state index contributed by atoms with van der Waals surface area (Å²) in [7, 11) is 1.32. The van der Waals surface area contributed by atoms with E-state index in [4.69, 9.17) is 23.7 Å². The zero-order valence-electron chi connectivity index (χ0n) is 12.7. The molecule has 0 saturated carbocycles. The lowest BCUT2D eigenvalue weighted by Gasteiger charge is -2.54. The van der Waals surface area contributed by atoms with Crippen molar-refractivity contribution in [1.82, 2.24) is 0 Å². The Kier molecular flexibility index (Phi) is 4.66. The van der Waals surface area contributed by atoms with Crippen molar-refractivity contribution in [3.05, 3.63) is 0 Å². The summed E-state index contributed by atoms with van der Waals surface area (Å²) >= 11 is 0. The normalized spacial score (nSPS) is 57.3. The van der Waals surface area contributed by atoms with E-state index in [1.54, 1.807) is 0 Å². The Labute approximate surface area is 132 Å². The second-order valence-corrected chi connectivity index (χ2v) is 6.01. The zero-order chi connectivity index (χ0) is 16.9. The molecule has 1 spiro atoms. The lowest BCUT2D eigenvalue weighted by atomic mass is 9.94. The van der Waals surface area contributed by atoms with E-state index >= 15 is 0 Å². The van der Waals surface area contributed by atoms with Crippen molar-refractivity contribution in [2.45, 2.75) is 68.0 Å². The molecule has 3 fully saturated rings. The fourth-order valence-electron chi connectivity index (χ4n) is 3.09. The van der Waals surface area contributed by atoms with Gasteiger partial charge in [0, 0.05) is 7.11 Å². The Morgan fingerprint density at radius 1 is 0.957 bits per heavy atom. The number of aliphatic hydroxyl groups is 5. The van der Waals surface area contributed by atoms with E-state index in [9.17, 15) is 25.5 Å². The Hall–Kier alpha value is -0.400. The van der Waals surface area contributed by atoms with Crippen LogP contribution in [0.5, 0.6) is 0 Å². The molecule has 10 atom stereocenters. The van der Waals surface area contributed by atoms with E-state index < -0.39 is 61.1 Å². The number of hydrogen-bond acceptors (Lipinski definition) is 10. The van der Waals surface area contributed by atoms with Crippen molar-refractivity contribution in [3.8, 4) is 0 Å². The predicted molar refractivity (Wildman–Crippen MR) is 69.8 cm³/mol. The van der Waals surface area contributed by atoms with Gasteiger partial charge in [0.15, 0.2) is 12.4 Å². The molecule has 0 aromatic rings. The van der Waals surface area contributed by atoms with Gasteiger partial charge in [-0.05, 0) is 6.92 Å². The van der Waals surface area contributed by atoms with Gasteiger partial charge >= 0.3 is 5.97 Å².